The second kappa shape index (κ2) is 6.96. The number of benzene rings is 2. The number of amides is 2. The highest BCUT2D eigenvalue weighted by Crippen LogP contribution is 2.19. The van der Waals surface area contributed by atoms with E-state index in [2.05, 4.69) is 27.3 Å². The van der Waals surface area contributed by atoms with Crippen LogP contribution in [0.15, 0.2) is 53.0 Å². The maximum Gasteiger partial charge on any atom is 0.233 e. The molecule has 2 amide bonds. The Labute approximate surface area is 143 Å². The highest BCUT2D eigenvalue weighted by atomic mass is 79.9. The zero-order chi connectivity index (χ0) is 16.2. The summed E-state index contributed by atoms with van der Waals surface area (Å²) in [4.78, 5) is 26.1. The standard InChI is InChI=1S/C18H17BrN2O2/c19-15-6-3-7-16(10-15)20-17(22)11-18(23)21-9-8-13-4-1-2-5-14(13)12-21/h1-7,10H,8-9,11-12H2,(H,20,22). The fourth-order valence-corrected chi connectivity index (χ4v) is 3.13. The first kappa shape index (κ1) is 15.7. The molecule has 0 bridgehead atoms. The van der Waals surface area contributed by atoms with Gasteiger partial charge in [-0.2, -0.15) is 0 Å². The first-order valence-corrected chi connectivity index (χ1v) is 8.31. The molecule has 4 nitrogen and oxygen atoms in total. The first-order valence-electron chi connectivity index (χ1n) is 7.52. The Morgan fingerprint density at radius 3 is 2.65 bits per heavy atom. The van der Waals surface area contributed by atoms with E-state index in [1.54, 1.807) is 17.0 Å². The Balaban J connectivity index is 1.58. The molecule has 0 unspecified atom stereocenters. The molecule has 0 spiro atoms. The van der Waals surface area contributed by atoms with Crippen molar-refractivity contribution in [2.24, 2.45) is 0 Å². The van der Waals surface area contributed by atoms with Crippen molar-refractivity contribution in [2.45, 2.75) is 19.4 Å². The van der Waals surface area contributed by atoms with Gasteiger partial charge in [-0.05, 0) is 35.7 Å². The molecule has 1 aliphatic rings. The molecule has 1 N–H and O–H groups in total. The topological polar surface area (TPSA) is 49.4 Å². The number of anilines is 1. The molecular weight excluding hydrogens is 356 g/mol. The van der Waals surface area contributed by atoms with Crippen molar-refractivity contribution in [1.82, 2.24) is 4.90 Å². The van der Waals surface area contributed by atoms with Gasteiger partial charge in [-0.3, -0.25) is 9.59 Å². The van der Waals surface area contributed by atoms with Crippen molar-refractivity contribution in [3.05, 3.63) is 64.1 Å². The largest absolute Gasteiger partial charge is 0.338 e. The summed E-state index contributed by atoms with van der Waals surface area (Å²) in [5.41, 5.74) is 3.14. The van der Waals surface area contributed by atoms with Crippen molar-refractivity contribution in [3.8, 4) is 0 Å². The molecule has 0 saturated carbocycles. The molecule has 2 aromatic rings. The second-order valence-corrected chi connectivity index (χ2v) is 6.48. The van der Waals surface area contributed by atoms with Gasteiger partial charge in [-0.15, -0.1) is 0 Å². The molecule has 3 rings (SSSR count). The van der Waals surface area contributed by atoms with E-state index in [0.717, 1.165) is 10.9 Å². The minimum absolute atomic E-state index is 0.130. The van der Waals surface area contributed by atoms with E-state index in [1.165, 1.54) is 11.1 Å². The van der Waals surface area contributed by atoms with Crippen LogP contribution in [0.3, 0.4) is 0 Å². The maximum absolute atomic E-state index is 12.3. The smallest absolute Gasteiger partial charge is 0.233 e. The molecule has 0 radical (unpaired) electrons. The third-order valence-corrected chi connectivity index (χ3v) is 4.40. The Hall–Kier alpha value is -2.14. The summed E-state index contributed by atoms with van der Waals surface area (Å²) in [6.45, 7) is 1.25. The van der Waals surface area contributed by atoms with E-state index >= 15 is 0 Å². The van der Waals surface area contributed by atoms with Gasteiger partial charge in [-0.25, -0.2) is 0 Å². The van der Waals surface area contributed by atoms with E-state index < -0.39 is 0 Å². The van der Waals surface area contributed by atoms with E-state index in [9.17, 15) is 9.59 Å². The predicted molar refractivity (Wildman–Crippen MR) is 93.0 cm³/mol. The van der Waals surface area contributed by atoms with Crippen molar-refractivity contribution in [1.29, 1.82) is 0 Å². The molecule has 0 aromatic heterocycles. The maximum atomic E-state index is 12.3. The van der Waals surface area contributed by atoms with Crippen LogP contribution in [0.4, 0.5) is 5.69 Å². The van der Waals surface area contributed by atoms with Crippen LogP contribution in [-0.2, 0) is 22.6 Å². The number of halogens is 1. The summed E-state index contributed by atoms with van der Waals surface area (Å²) in [6.07, 6.45) is 0.712. The highest BCUT2D eigenvalue weighted by molar-refractivity contribution is 9.10. The number of fused-ring (bicyclic) bond motifs is 1. The third-order valence-electron chi connectivity index (χ3n) is 3.90. The van der Waals surface area contributed by atoms with Gasteiger partial charge in [-0.1, -0.05) is 46.3 Å². The summed E-state index contributed by atoms with van der Waals surface area (Å²) in [5, 5.41) is 2.76. The lowest BCUT2D eigenvalue weighted by atomic mass is 10.00. The average molecular weight is 373 g/mol. The predicted octanol–water partition coefficient (Wildman–Crippen LogP) is 3.36. The number of carbonyl (C=O) groups excluding carboxylic acids is 2. The summed E-state index contributed by atoms with van der Waals surface area (Å²) in [7, 11) is 0. The summed E-state index contributed by atoms with van der Waals surface area (Å²) in [5.74, 6) is -0.418. The van der Waals surface area contributed by atoms with E-state index in [-0.39, 0.29) is 18.2 Å². The molecule has 23 heavy (non-hydrogen) atoms. The molecule has 0 aliphatic carbocycles. The minimum atomic E-state index is -0.285. The number of hydrogen-bond donors (Lipinski definition) is 1. The lowest BCUT2D eigenvalue weighted by Crippen LogP contribution is -2.37. The molecule has 1 aliphatic heterocycles. The normalized spacial score (nSPS) is 13.3. The lowest BCUT2D eigenvalue weighted by molar-refractivity contribution is -0.135. The average Bonchev–Trinajstić information content (AvgIpc) is 2.54. The lowest BCUT2D eigenvalue weighted by Gasteiger charge is -2.28. The molecule has 5 heteroatoms. The zero-order valence-corrected chi connectivity index (χ0v) is 14.2. The van der Waals surface area contributed by atoms with Gasteiger partial charge in [0.1, 0.15) is 6.42 Å². The summed E-state index contributed by atoms with van der Waals surface area (Å²) >= 11 is 3.35. The molecule has 2 aromatic carbocycles. The third kappa shape index (κ3) is 3.99. The number of carbonyl (C=O) groups is 2. The van der Waals surface area contributed by atoms with Crippen LogP contribution in [0.25, 0.3) is 0 Å². The van der Waals surface area contributed by atoms with E-state index in [0.29, 0.717) is 18.8 Å². The number of nitrogens with zero attached hydrogens (tertiary/aromatic N) is 1. The van der Waals surface area contributed by atoms with E-state index in [1.807, 2.05) is 30.3 Å². The van der Waals surface area contributed by atoms with E-state index in [4.69, 9.17) is 0 Å². The Kier molecular flexibility index (Phi) is 4.76. The van der Waals surface area contributed by atoms with Crippen LogP contribution in [0.2, 0.25) is 0 Å². The second-order valence-electron chi connectivity index (χ2n) is 5.57. The minimum Gasteiger partial charge on any atom is -0.338 e. The van der Waals surface area contributed by atoms with Crippen LogP contribution in [-0.4, -0.2) is 23.3 Å². The summed E-state index contributed by atoms with van der Waals surface area (Å²) in [6, 6.07) is 15.4. The fraction of sp³-hybridized carbons (Fsp3) is 0.222. The van der Waals surface area contributed by atoms with Gasteiger partial charge in [0.15, 0.2) is 0 Å². The Bertz CT molecular complexity index is 745. The zero-order valence-electron chi connectivity index (χ0n) is 12.6. The number of hydrogen-bond acceptors (Lipinski definition) is 2. The van der Waals surface area contributed by atoms with Crippen molar-refractivity contribution in [2.75, 3.05) is 11.9 Å². The Morgan fingerprint density at radius 1 is 1.09 bits per heavy atom. The van der Waals surface area contributed by atoms with Crippen LogP contribution in [0, 0.1) is 0 Å². The molecule has 0 saturated heterocycles. The molecule has 0 atom stereocenters. The van der Waals surface area contributed by atoms with Crippen molar-refractivity contribution < 1.29 is 9.59 Å². The van der Waals surface area contributed by atoms with Crippen molar-refractivity contribution in [3.63, 3.8) is 0 Å². The van der Waals surface area contributed by atoms with Gasteiger partial charge < -0.3 is 10.2 Å². The number of rotatable bonds is 3. The van der Waals surface area contributed by atoms with Gasteiger partial charge >= 0.3 is 0 Å². The van der Waals surface area contributed by atoms with Crippen molar-refractivity contribution >= 4 is 33.4 Å². The van der Waals surface area contributed by atoms with Gasteiger partial charge in [0.2, 0.25) is 11.8 Å². The highest BCUT2D eigenvalue weighted by Gasteiger charge is 2.22. The van der Waals surface area contributed by atoms with Crippen LogP contribution >= 0.6 is 15.9 Å². The number of nitrogens with one attached hydrogen (secondary N) is 1. The van der Waals surface area contributed by atoms with Crippen LogP contribution in [0.1, 0.15) is 17.5 Å². The molecular formula is C18H17BrN2O2. The fourth-order valence-electron chi connectivity index (χ4n) is 2.73. The monoisotopic (exact) mass is 372 g/mol. The molecule has 1 heterocycles. The first-order chi connectivity index (χ1) is 11.1. The quantitative estimate of drug-likeness (QED) is 0.839. The SMILES string of the molecule is O=C(CC(=O)N1CCc2ccccc2C1)Nc1cccc(Br)c1. The van der Waals surface area contributed by atoms with Crippen LogP contribution in [0.5, 0.6) is 0 Å². The Morgan fingerprint density at radius 2 is 1.87 bits per heavy atom. The summed E-state index contributed by atoms with van der Waals surface area (Å²) < 4.78 is 0.884. The van der Waals surface area contributed by atoms with Crippen LogP contribution < -0.4 is 5.32 Å². The van der Waals surface area contributed by atoms with Gasteiger partial charge in [0.05, 0.1) is 0 Å². The van der Waals surface area contributed by atoms with Gasteiger partial charge in [0, 0.05) is 23.2 Å². The molecule has 0 fully saturated rings. The molecule has 118 valence electrons. The van der Waals surface area contributed by atoms with Gasteiger partial charge in [0.25, 0.3) is 0 Å².